The normalized spacial score (nSPS) is 11.3. The molecule has 17 heavy (non-hydrogen) atoms. The van der Waals surface area contributed by atoms with Crippen molar-refractivity contribution >= 4 is 27.5 Å². The SMILES string of the molecule is Nc1ccc(Br)cc1C(=O)NCC(F)(F)CO. The highest BCUT2D eigenvalue weighted by Crippen LogP contribution is 2.18. The van der Waals surface area contributed by atoms with Crippen LogP contribution >= 0.6 is 15.9 Å². The van der Waals surface area contributed by atoms with E-state index in [4.69, 9.17) is 10.8 Å². The number of alkyl halides is 2. The van der Waals surface area contributed by atoms with Gasteiger partial charge in [0.05, 0.1) is 12.1 Å². The Morgan fingerprint density at radius 2 is 2.18 bits per heavy atom. The number of nitrogen functional groups attached to an aromatic ring is 1. The van der Waals surface area contributed by atoms with Crippen molar-refractivity contribution in [3.05, 3.63) is 28.2 Å². The monoisotopic (exact) mass is 308 g/mol. The lowest BCUT2D eigenvalue weighted by atomic mass is 10.1. The van der Waals surface area contributed by atoms with Crippen molar-refractivity contribution in [1.29, 1.82) is 0 Å². The molecule has 0 unspecified atom stereocenters. The van der Waals surface area contributed by atoms with Crippen LogP contribution in [0.15, 0.2) is 22.7 Å². The third-order valence-electron chi connectivity index (χ3n) is 2.00. The molecule has 1 rings (SSSR count). The third-order valence-corrected chi connectivity index (χ3v) is 2.49. The number of benzene rings is 1. The molecule has 0 aromatic heterocycles. The van der Waals surface area contributed by atoms with E-state index in [-0.39, 0.29) is 11.3 Å². The van der Waals surface area contributed by atoms with E-state index < -0.39 is 25.0 Å². The van der Waals surface area contributed by atoms with Gasteiger partial charge in [-0.25, -0.2) is 8.78 Å². The smallest absolute Gasteiger partial charge is 0.287 e. The Balaban J connectivity index is 2.74. The zero-order chi connectivity index (χ0) is 13.1. The number of nitrogens with one attached hydrogen (secondary N) is 1. The summed E-state index contributed by atoms with van der Waals surface area (Å²) in [7, 11) is 0. The summed E-state index contributed by atoms with van der Waals surface area (Å²) >= 11 is 3.15. The molecule has 0 bridgehead atoms. The molecule has 4 N–H and O–H groups in total. The average molecular weight is 309 g/mol. The highest BCUT2D eigenvalue weighted by atomic mass is 79.9. The molecule has 0 atom stereocenters. The average Bonchev–Trinajstić information content (AvgIpc) is 2.29. The van der Waals surface area contributed by atoms with Crippen LogP contribution in [0, 0.1) is 0 Å². The Kier molecular flexibility index (Phi) is 4.41. The summed E-state index contributed by atoms with van der Waals surface area (Å²) < 4.78 is 26.0. The van der Waals surface area contributed by atoms with E-state index >= 15 is 0 Å². The van der Waals surface area contributed by atoms with E-state index in [0.29, 0.717) is 4.47 Å². The standard InChI is InChI=1S/C10H11BrF2N2O2/c11-6-1-2-8(14)7(3-6)9(17)15-4-10(12,13)5-16/h1-3,16H,4-5,14H2,(H,15,17). The lowest BCUT2D eigenvalue weighted by Crippen LogP contribution is -2.39. The number of hydrogen-bond donors (Lipinski definition) is 3. The molecule has 0 aliphatic rings. The zero-order valence-corrected chi connectivity index (χ0v) is 10.3. The fraction of sp³-hybridized carbons (Fsp3) is 0.300. The van der Waals surface area contributed by atoms with Gasteiger partial charge in [0.15, 0.2) is 0 Å². The predicted molar refractivity (Wildman–Crippen MR) is 62.9 cm³/mol. The van der Waals surface area contributed by atoms with Gasteiger partial charge in [-0.15, -0.1) is 0 Å². The van der Waals surface area contributed by atoms with Gasteiger partial charge >= 0.3 is 0 Å². The first-order valence-corrected chi connectivity index (χ1v) is 5.47. The number of carbonyl (C=O) groups is 1. The number of rotatable bonds is 4. The molecule has 0 aliphatic carbocycles. The molecule has 0 radical (unpaired) electrons. The molecule has 0 saturated carbocycles. The first kappa shape index (κ1) is 13.9. The number of aliphatic hydroxyl groups excluding tert-OH is 1. The highest BCUT2D eigenvalue weighted by Gasteiger charge is 2.28. The van der Waals surface area contributed by atoms with Gasteiger partial charge in [0, 0.05) is 10.2 Å². The number of nitrogens with two attached hydrogens (primary N) is 1. The fourth-order valence-corrected chi connectivity index (χ4v) is 1.45. The fourth-order valence-electron chi connectivity index (χ4n) is 1.09. The molecule has 0 saturated heterocycles. The van der Waals surface area contributed by atoms with Crippen LogP contribution in [0.2, 0.25) is 0 Å². The third kappa shape index (κ3) is 3.94. The molecule has 1 aromatic rings. The van der Waals surface area contributed by atoms with E-state index in [9.17, 15) is 13.6 Å². The minimum absolute atomic E-state index is 0.105. The molecule has 1 amide bonds. The van der Waals surface area contributed by atoms with Gasteiger partial charge in [0.2, 0.25) is 0 Å². The number of anilines is 1. The van der Waals surface area contributed by atoms with Gasteiger partial charge in [-0.3, -0.25) is 4.79 Å². The maximum absolute atomic E-state index is 12.7. The lowest BCUT2D eigenvalue weighted by Gasteiger charge is -2.14. The van der Waals surface area contributed by atoms with Gasteiger partial charge in [0.1, 0.15) is 6.61 Å². The van der Waals surface area contributed by atoms with Crippen LogP contribution < -0.4 is 11.1 Å². The second-order valence-electron chi connectivity index (χ2n) is 3.43. The molecule has 0 aliphatic heterocycles. The number of carbonyl (C=O) groups excluding carboxylic acids is 1. The first-order chi connectivity index (χ1) is 7.85. The van der Waals surface area contributed by atoms with Crippen molar-refractivity contribution in [2.75, 3.05) is 18.9 Å². The Morgan fingerprint density at radius 3 is 2.76 bits per heavy atom. The van der Waals surface area contributed by atoms with Crippen molar-refractivity contribution in [2.24, 2.45) is 0 Å². The van der Waals surface area contributed by atoms with Crippen LogP contribution in [0.25, 0.3) is 0 Å². The number of aliphatic hydroxyl groups is 1. The lowest BCUT2D eigenvalue weighted by molar-refractivity contribution is -0.0461. The Morgan fingerprint density at radius 1 is 1.53 bits per heavy atom. The summed E-state index contributed by atoms with van der Waals surface area (Å²) in [4.78, 5) is 11.6. The van der Waals surface area contributed by atoms with Gasteiger partial charge in [-0.2, -0.15) is 0 Å². The Bertz CT molecular complexity index is 427. The molecule has 4 nitrogen and oxygen atoms in total. The molecule has 94 valence electrons. The molecular formula is C10H11BrF2N2O2. The van der Waals surface area contributed by atoms with Crippen molar-refractivity contribution in [3.63, 3.8) is 0 Å². The summed E-state index contributed by atoms with van der Waals surface area (Å²) in [5.41, 5.74) is 5.84. The molecule has 0 fully saturated rings. The maximum Gasteiger partial charge on any atom is 0.287 e. The molecule has 1 aromatic carbocycles. The summed E-state index contributed by atoms with van der Waals surface area (Å²) in [5, 5.41) is 10.4. The van der Waals surface area contributed by atoms with E-state index in [2.05, 4.69) is 15.9 Å². The summed E-state index contributed by atoms with van der Waals surface area (Å²) in [6.45, 7) is -2.25. The second kappa shape index (κ2) is 5.42. The minimum atomic E-state index is -3.34. The largest absolute Gasteiger partial charge is 0.398 e. The van der Waals surface area contributed by atoms with Crippen LogP contribution in [0.3, 0.4) is 0 Å². The van der Waals surface area contributed by atoms with Crippen LogP contribution in [0.4, 0.5) is 14.5 Å². The number of amides is 1. The zero-order valence-electron chi connectivity index (χ0n) is 8.71. The second-order valence-corrected chi connectivity index (χ2v) is 4.34. The van der Waals surface area contributed by atoms with Crippen LogP contribution in [-0.2, 0) is 0 Å². The van der Waals surface area contributed by atoms with Crippen molar-refractivity contribution < 1.29 is 18.7 Å². The topological polar surface area (TPSA) is 75.4 Å². The van der Waals surface area contributed by atoms with E-state index in [1.807, 2.05) is 5.32 Å². The molecule has 0 heterocycles. The quantitative estimate of drug-likeness (QED) is 0.736. The van der Waals surface area contributed by atoms with Crippen molar-refractivity contribution in [3.8, 4) is 0 Å². The number of halogens is 3. The predicted octanol–water partition coefficient (Wildman–Crippen LogP) is 1.39. The highest BCUT2D eigenvalue weighted by molar-refractivity contribution is 9.10. The van der Waals surface area contributed by atoms with Crippen molar-refractivity contribution in [1.82, 2.24) is 5.32 Å². The molecular weight excluding hydrogens is 298 g/mol. The summed E-state index contributed by atoms with van der Waals surface area (Å²) in [6, 6.07) is 4.55. The van der Waals surface area contributed by atoms with E-state index in [0.717, 1.165) is 0 Å². The van der Waals surface area contributed by atoms with Gasteiger partial charge in [-0.05, 0) is 18.2 Å². The van der Waals surface area contributed by atoms with Crippen LogP contribution in [0.5, 0.6) is 0 Å². The van der Waals surface area contributed by atoms with Gasteiger partial charge in [-0.1, -0.05) is 15.9 Å². The molecule has 0 spiro atoms. The molecule has 7 heteroatoms. The minimum Gasteiger partial charge on any atom is -0.398 e. The van der Waals surface area contributed by atoms with Crippen molar-refractivity contribution in [2.45, 2.75) is 5.92 Å². The van der Waals surface area contributed by atoms with Gasteiger partial charge in [0.25, 0.3) is 11.8 Å². The summed E-state index contributed by atoms with van der Waals surface area (Å²) in [5.74, 6) is -4.05. The Hall–Kier alpha value is -1.21. The van der Waals surface area contributed by atoms with Gasteiger partial charge < -0.3 is 16.2 Å². The number of hydrogen-bond acceptors (Lipinski definition) is 3. The van der Waals surface area contributed by atoms with Crippen LogP contribution in [0.1, 0.15) is 10.4 Å². The summed E-state index contributed by atoms with van der Waals surface area (Å²) in [6.07, 6.45) is 0. The van der Waals surface area contributed by atoms with E-state index in [1.54, 1.807) is 6.07 Å². The van der Waals surface area contributed by atoms with E-state index in [1.165, 1.54) is 12.1 Å². The van der Waals surface area contributed by atoms with Crippen LogP contribution in [-0.4, -0.2) is 30.1 Å². The first-order valence-electron chi connectivity index (χ1n) is 4.67. The Labute approximate surface area is 105 Å². The maximum atomic E-state index is 12.7.